The molecule has 94 valence electrons. The first-order valence-corrected chi connectivity index (χ1v) is 6.76. The van der Waals surface area contributed by atoms with Gasteiger partial charge < -0.3 is 5.73 Å². The smallest absolute Gasteiger partial charge is 0.275 e. The van der Waals surface area contributed by atoms with E-state index in [1.807, 2.05) is 31.4 Å². The summed E-state index contributed by atoms with van der Waals surface area (Å²) in [5.74, 6) is 0.405. The number of anilines is 1. The summed E-state index contributed by atoms with van der Waals surface area (Å²) in [5.41, 5.74) is 8.94. The minimum atomic E-state index is -0.308. The normalized spacial score (nSPS) is 10.6. The maximum absolute atomic E-state index is 11.4. The average molecular weight is 261 g/mol. The standard InChI is InChI=1S/C13H15N3OS/c1-8-4-5-10(6-9(8)2)16-11(14)7-12(17)15-13(16)18-3/h4-7H,14H2,1-3H3. The van der Waals surface area contributed by atoms with E-state index >= 15 is 0 Å². The fraction of sp³-hybridized carbons (Fsp3) is 0.231. The van der Waals surface area contributed by atoms with Gasteiger partial charge in [0.2, 0.25) is 0 Å². The van der Waals surface area contributed by atoms with Crippen LogP contribution in [0.25, 0.3) is 5.69 Å². The van der Waals surface area contributed by atoms with Crippen molar-refractivity contribution in [3.8, 4) is 5.69 Å². The molecule has 0 saturated heterocycles. The van der Waals surface area contributed by atoms with E-state index < -0.39 is 0 Å². The van der Waals surface area contributed by atoms with E-state index in [-0.39, 0.29) is 5.56 Å². The van der Waals surface area contributed by atoms with Gasteiger partial charge in [0.05, 0.1) is 0 Å². The Kier molecular flexibility index (Phi) is 3.43. The fourth-order valence-corrected chi connectivity index (χ4v) is 2.31. The highest BCUT2D eigenvalue weighted by molar-refractivity contribution is 7.98. The van der Waals surface area contributed by atoms with Gasteiger partial charge in [-0.25, -0.2) is 0 Å². The van der Waals surface area contributed by atoms with Crippen molar-refractivity contribution in [1.29, 1.82) is 0 Å². The van der Waals surface area contributed by atoms with Crippen molar-refractivity contribution in [2.45, 2.75) is 19.0 Å². The van der Waals surface area contributed by atoms with Crippen molar-refractivity contribution in [2.24, 2.45) is 0 Å². The Labute approximate surface area is 110 Å². The molecule has 4 nitrogen and oxygen atoms in total. The third-order valence-corrected chi connectivity index (χ3v) is 3.50. The molecule has 1 heterocycles. The van der Waals surface area contributed by atoms with Gasteiger partial charge in [-0.2, -0.15) is 4.98 Å². The SMILES string of the molecule is CSc1nc(=O)cc(N)n1-c1ccc(C)c(C)c1. The van der Waals surface area contributed by atoms with Crippen LogP contribution < -0.4 is 11.3 Å². The van der Waals surface area contributed by atoms with Crippen molar-refractivity contribution >= 4 is 17.6 Å². The molecule has 1 aromatic carbocycles. The number of thioether (sulfide) groups is 1. The fourth-order valence-electron chi connectivity index (χ4n) is 1.74. The number of hydrogen-bond donors (Lipinski definition) is 1. The summed E-state index contributed by atoms with van der Waals surface area (Å²) >= 11 is 1.40. The van der Waals surface area contributed by atoms with Crippen LogP contribution in [0.2, 0.25) is 0 Å². The summed E-state index contributed by atoms with van der Waals surface area (Å²) in [7, 11) is 0. The lowest BCUT2D eigenvalue weighted by Gasteiger charge is -2.14. The second-order valence-electron chi connectivity index (χ2n) is 4.11. The number of nitrogens with zero attached hydrogens (tertiary/aromatic N) is 2. The zero-order chi connectivity index (χ0) is 13.3. The van der Waals surface area contributed by atoms with Gasteiger partial charge in [0.15, 0.2) is 5.16 Å². The number of hydrogen-bond acceptors (Lipinski definition) is 4. The maximum Gasteiger partial charge on any atom is 0.275 e. The van der Waals surface area contributed by atoms with Gasteiger partial charge in [-0.05, 0) is 43.4 Å². The lowest BCUT2D eigenvalue weighted by atomic mass is 10.1. The summed E-state index contributed by atoms with van der Waals surface area (Å²) in [6.07, 6.45) is 1.87. The molecule has 0 fully saturated rings. The molecule has 2 N–H and O–H groups in total. The topological polar surface area (TPSA) is 60.9 Å². The summed E-state index contributed by atoms with van der Waals surface area (Å²) in [6, 6.07) is 7.39. The molecule has 0 aliphatic carbocycles. The highest BCUT2D eigenvalue weighted by Gasteiger charge is 2.09. The first kappa shape index (κ1) is 12.7. The van der Waals surface area contributed by atoms with Crippen LogP contribution in [0.4, 0.5) is 5.82 Å². The van der Waals surface area contributed by atoms with E-state index in [1.165, 1.54) is 29.0 Å². The zero-order valence-corrected chi connectivity index (χ0v) is 11.4. The molecule has 0 bridgehead atoms. The van der Waals surface area contributed by atoms with Crippen molar-refractivity contribution in [3.05, 3.63) is 45.7 Å². The van der Waals surface area contributed by atoms with Gasteiger partial charge in [0, 0.05) is 11.8 Å². The Bertz CT molecular complexity index is 649. The van der Waals surface area contributed by atoms with Crippen LogP contribution in [-0.2, 0) is 0 Å². The summed E-state index contributed by atoms with van der Waals surface area (Å²) in [5, 5.41) is 0.600. The number of nitrogen functional groups attached to an aromatic ring is 1. The van der Waals surface area contributed by atoms with E-state index in [4.69, 9.17) is 5.73 Å². The van der Waals surface area contributed by atoms with Crippen molar-refractivity contribution in [1.82, 2.24) is 9.55 Å². The molecule has 0 unspecified atom stereocenters. The van der Waals surface area contributed by atoms with Crippen LogP contribution in [-0.4, -0.2) is 15.8 Å². The first-order chi connectivity index (χ1) is 8.52. The number of aromatic nitrogens is 2. The Morgan fingerprint density at radius 2 is 1.94 bits per heavy atom. The number of nitrogens with two attached hydrogens (primary N) is 1. The number of rotatable bonds is 2. The van der Waals surface area contributed by atoms with Gasteiger partial charge >= 0.3 is 0 Å². The van der Waals surface area contributed by atoms with Crippen LogP contribution in [0.1, 0.15) is 11.1 Å². The zero-order valence-electron chi connectivity index (χ0n) is 10.6. The lowest BCUT2D eigenvalue weighted by Crippen LogP contribution is -2.16. The predicted molar refractivity (Wildman–Crippen MR) is 75.5 cm³/mol. The van der Waals surface area contributed by atoms with E-state index in [0.29, 0.717) is 11.0 Å². The Hall–Kier alpha value is -1.75. The van der Waals surface area contributed by atoms with E-state index in [9.17, 15) is 4.79 Å². The van der Waals surface area contributed by atoms with Crippen LogP contribution >= 0.6 is 11.8 Å². The summed E-state index contributed by atoms with van der Waals surface area (Å²) < 4.78 is 1.79. The van der Waals surface area contributed by atoms with Crippen molar-refractivity contribution in [2.75, 3.05) is 12.0 Å². The third-order valence-electron chi connectivity index (χ3n) is 2.86. The Balaban J connectivity index is 2.70. The highest BCUT2D eigenvalue weighted by Crippen LogP contribution is 2.22. The van der Waals surface area contributed by atoms with Crippen LogP contribution in [0, 0.1) is 13.8 Å². The second kappa shape index (κ2) is 4.86. The molecule has 0 saturated carbocycles. The molecule has 2 rings (SSSR count). The van der Waals surface area contributed by atoms with Gasteiger partial charge in [-0.15, -0.1) is 0 Å². The highest BCUT2D eigenvalue weighted by atomic mass is 32.2. The van der Waals surface area contributed by atoms with Crippen LogP contribution in [0.5, 0.6) is 0 Å². The van der Waals surface area contributed by atoms with E-state index in [2.05, 4.69) is 11.9 Å². The predicted octanol–water partition coefficient (Wildman–Crippen LogP) is 2.15. The van der Waals surface area contributed by atoms with Gasteiger partial charge in [0.1, 0.15) is 5.82 Å². The second-order valence-corrected chi connectivity index (χ2v) is 4.88. The van der Waals surface area contributed by atoms with Gasteiger partial charge in [0.25, 0.3) is 5.56 Å². The maximum atomic E-state index is 11.4. The summed E-state index contributed by atoms with van der Waals surface area (Å²) in [6.45, 7) is 4.10. The molecule has 0 aliphatic rings. The van der Waals surface area contributed by atoms with Gasteiger partial charge in [-0.1, -0.05) is 17.8 Å². The third kappa shape index (κ3) is 2.26. The number of benzene rings is 1. The number of aryl methyl sites for hydroxylation is 2. The minimum Gasteiger partial charge on any atom is -0.385 e. The first-order valence-electron chi connectivity index (χ1n) is 5.54. The minimum absolute atomic E-state index is 0.308. The molecule has 0 aliphatic heterocycles. The van der Waals surface area contributed by atoms with E-state index in [1.54, 1.807) is 4.57 Å². The lowest BCUT2D eigenvalue weighted by molar-refractivity contribution is 0.823. The largest absolute Gasteiger partial charge is 0.385 e. The van der Waals surface area contributed by atoms with Crippen molar-refractivity contribution in [3.63, 3.8) is 0 Å². The van der Waals surface area contributed by atoms with Crippen molar-refractivity contribution < 1.29 is 0 Å². The quantitative estimate of drug-likeness (QED) is 0.664. The molecule has 5 heteroatoms. The van der Waals surface area contributed by atoms with Crippen LogP contribution in [0.15, 0.2) is 34.2 Å². The Morgan fingerprint density at radius 1 is 1.22 bits per heavy atom. The molecule has 0 radical (unpaired) electrons. The average Bonchev–Trinajstić information content (AvgIpc) is 2.32. The molecule has 0 atom stereocenters. The molecule has 0 amide bonds. The van der Waals surface area contributed by atoms with Crippen LogP contribution in [0.3, 0.4) is 0 Å². The molecular weight excluding hydrogens is 246 g/mol. The monoisotopic (exact) mass is 261 g/mol. The molecule has 2 aromatic rings. The summed E-state index contributed by atoms with van der Waals surface area (Å²) in [4.78, 5) is 15.3. The van der Waals surface area contributed by atoms with E-state index in [0.717, 1.165) is 5.69 Å². The van der Waals surface area contributed by atoms with Gasteiger partial charge in [-0.3, -0.25) is 9.36 Å². The molecule has 0 spiro atoms. The molecule has 18 heavy (non-hydrogen) atoms. The molecular formula is C13H15N3OS. The molecule has 1 aromatic heterocycles. The Morgan fingerprint density at radius 3 is 2.56 bits per heavy atom.